The van der Waals surface area contributed by atoms with E-state index in [1.54, 1.807) is 0 Å². The summed E-state index contributed by atoms with van der Waals surface area (Å²) in [5.41, 5.74) is 0. The molecule has 0 spiro atoms. The lowest BCUT2D eigenvalue weighted by Crippen LogP contribution is -2.41. The van der Waals surface area contributed by atoms with Crippen LogP contribution in [0.1, 0.15) is 51.9 Å². The van der Waals surface area contributed by atoms with Gasteiger partial charge in [-0.05, 0) is 19.3 Å². The van der Waals surface area contributed by atoms with Crippen molar-refractivity contribution >= 4 is 11.9 Å². The van der Waals surface area contributed by atoms with Gasteiger partial charge in [0.2, 0.25) is 5.91 Å². The maximum Gasteiger partial charge on any atom is 0.326 e. The Bertz CT molecular complexity index is 270. The van der Waals surface area contributed by atoms with E-state index in [2.05, 4.69) is 12.2 Å². The van der Waals surface area contributed by atoms with Crippen LogP contribution < -0.4 is 5.32 Å². The van der Waals surface area contributed by atoms with Gasteiger partial charge in [-0.15, -0.1) is 0 Å². The summed E-state index contributed by atoms with van der Waals surface area (Å²) < 4.78 is 5.42. The van der Waals surface area contributed by atoms with Crippen molar-refractivity contribution in [2.45, 2.75) is 57.9 Å². The van der Waals surface area contributed by atoms with Gasteiger partial charge in [-0.3, -0.25) is 4.79 Å². The molecule has 0 rings (SSSR count). The number of nitrogens with one attached hydrogen (secondary N) is 1. The first-order valence-corrected chi connectivity index (χ1v) is 7.32. The summed E-state index contributed by atoms with van der Waals surface area (Å²) in [7, 11) is 0. The van der Waals surface area contributed by atoms with Crippen molar-refractivity contribution in [1.29, 1.82) is 0 Å². The third-order valence-corrected chi connectivity index (χ3v) is 2.89. The molecule has 0 aliphatic carbocycles. The fraction of sp³-hybridized carbons (Fsp3) is 0.857. The van der Waals surface area contributed by atoms with Gasteiger partial charge in [-0.1, -0.05) is 19.8 Å². The summed E-state index contributed by atoms with van der Waals surface area (Å²) in [5.74, 6) is -1.41. The maximum atomic E-state index is 11.5. The van der Waals surface area contributed by atoms with Gasteiger partial charge in [0.05, 0.1) is 0 Å². The van der Waals surface area contributed by atoms with Gasteiger partial charge in [0, 0.05) is 32.7 Å². The number of carboxylic acid groups (broad SMARTS) is 1. The molecule has 6 heteroatoms. The predicted octanol–water partition coefficient (Wildman–Crippen LogP) is 1.32. The van der Waals surface area contributed by atoms with E-state index in [0.29, 0.717) is 13.0 Å². The van der Waals surface area contributed by atoms with Crippen molar-refractivity contribution in [3.8, 4) is 0 Å². The summed E-state index contributed by atoms with van der Waals surface area (Å²) in [6.07, 6.45) is 5.18. The summed E-state index contributed by atoms with van der Waals surface area (Å²) >= 11 is 0. The van der Waals surface area contributed by atoms with E-state index in [4.69, 9.17) is 14.9 Å². The minimum Gasteiger partial charge on any atom is -0.480 e. The molecule has 0 aromatic carbocycles. The van der Waals surface area contributed by atoms with Gasteiger partial charge in [-0.25, -0.2) is 4.79 Å². The summed E-state index contributed by atoms with van der Waals surface area (Å²) in [5, 5.41) is 19.9. The highest BCUT2D eigenvalue weighted by molar-refractivity contribution is 5.83. The summed E-state index contributed by atoms with van der Waals surface area (Å²) in [4.78, 5) is 22.3. The Hall–Kier alpha value is -1.14. The average molecular weight is 289 g/mol. The quantitative estimate of drug-likeness (QED) is 0.444. The number of unbranched alkanes of at least 4 members (excludes halogenated alkanes) is 3. The van der Waals surface area contributed by atoms with Crippen LogP contribution >= 0.6 is 0 Å². The van der Waals surface area contributed by atoms with Gasteiger partial charge in [0.15, 0.2) is 0 Å². The van der Waals surface area contributed by atoms with E-state index >= 15 is 0 Å². The third kappa shape index (κ3) is 10.8. The molecule has 0 fully saturated rings. The largest absolute Gasteiger partial charge is 0.480 e. The standard InChI is InChI=1S/C14H27NO5/c1-2-3-5-10-20-11-6-4-7-13(17)15-12(8-9-16)14(18)19/h12,16H,2-11H2,1H3,(H,15,17)(H,18,19)/t12-/m0/s1. The molecule has 20 heavy (non-hydrogen) atoms. The first-order chi connectivity index (χ1) is 9.61. The molecule has 118 valence electrons. The predicted molar refractivity (Wildman–Crippen MR) is 75.5 cm³/mol. The monoisotopic (exact) mass is 289 g/mol. The number of aliphatic hydroxyl groups excluding tert-OH is 1. The Labute approximate surface area is 120 Å². The van der Waals surface area contributed by atoms with Crippen molar-refractivity contribution in [1.82, 2.24) is 5.32 Å². The molecule has 0 bridgehead atoms. The maximum absolute atomic E-state index is 11.5. The van der Waals surface area contributed by atoms with E-state index in [1.165, 1.54) is 12.8 Å². The fourth-order valence-corrected chi connectivity index (χ4v) is 1.70. The third-order valence-electron chi connectivity index (χ3n) is 2.89. The molecular weight excluding hydrogens is 262 g/mol. The highest BCUT2D eigenvalue weighted by atomic mass is 16.5. The molecule has 0 radical (unpaired) electrons. The van der Waals surface area contributed by atoms with Crippen molar-refractivity contribution in [2.24, 2.45) is 0 Å². The number of hydrogen-bond donors (Lipinski definition) is 3. The SMILES string of the molecule is CCCCCOCCCCC(=O)N[C@@H](CCO)C(=O)O. The van der Waals surface area contributed by atoms with Crippen LogP contribution in [0.15, 0.2) is 0 Å². The zero-order valence-corrected chi connectivity index (χ0v) is 12.3. The number of amides is 1. The zero-order chi connectivity index (χ0) is 15.2. The van der Waals surface area contributed by atoms with E-state index in [0.717, 1.165) is 19.4 Å². The Kier molecular flexibility index (Phi) is 12.1. The molecule has 0 heterocycles. The molecule has 0 saturated carbocycles. The van der Waals surface area contributed by atoms with Crippen LogP contribution in [0.5, 0.6) is 0 Å². The van der Waals surface area contributed by atoms with Crippen molar-refractivity contribution < 1.29 is 24.5 Å². The minimum atomic E-state index is -1.12. The van der Waals surface area contributed by atoms with Gasteiger partial charge >= 0.3 is 5.97 Å². The highest BCUT2D eigenvalue weighted by Crippen LogP contribution is 2.00. The van der Waals surface area contributed by atoms with Crippen LogP contribution in [0.3, 0.4) is 0 Å². The number of carbonyl (C=O) groups excluding carboxylic acids is 1. The summed E-state index contributed by atoms with van der Waals surface area (Å²) in [6, 6.07) is -1.00. The van der Waals surface area contributed by atoms with E-state index in [1.807, 2.05) is 0 Å². The number of ether oxygens (including phenoxy) is 1. The van der Waals surface area contributed by atoms with Crippen LogP contribution in [0.25, 0.3) is 0 Å². The lowest BCUT2D eigenvalue weighted by atomic mass is 10.2. The molecule has 6 nitrogen and oxygen atoms in total. The molecule has 3 N–H and O–H groups in total. The molecule has 1 amide bonds. The molecule has 0 aromatic heterocycles. The van der Waals surface area contributed by atoms with Crippen LogP contribution in [0, 0.1) is 0 Å². The van der Waals surface area contributed by atoms with Crippen LogP contribution in [-0.4, -0.2) is 48.0 Å². The number of hydrogen-bond acceptors (Lipinski definition) is 4. The second kappa shape index (κ2) is 12.9. The Balaban J connectivity index is 3.55. The minimum absolute atomic E-state index is 0.0294. The smallest absolute Gasteiger partial charge is 0.326 e. The molecule has 0 aliphatic heterocycles. The van der Waals surface area contributed by atoms with E-state index in [9.17, 15) is 9.59 Å². The van der Waals surface area contributed by atoms with E-state index < -0.39 is 12.0 Å². The molecule has 1 atom stereocenters. The number of aliphatic carboxylic acids is 1. The highest BCUT2D eigenvalue weighted by Gasteiger charge is 2.18. The Morgan fingerprint density at radius 1 is 1.15 bits per heavy atom. The number of aliphatic hydroxyl groups is 1. The normalized spacial score (nSPS) is 12.1. The fourth-order valence-electron chi connectivity index (χ4n) is 1.70. The first-order valence-electron chi connectivity index (χ1n) is 7.32. The zero-order valence-electron chi connectivity index (χ0n) is 12.3. The van der Waals surface area contributed by atoms with Gasteiger partial charge in [-0.2, -0.15) is 0 Å². The lowest BCUT2D eigenvalue weighted by molar-refractivity contribution is -0.142. The Morgan fingerprint density at radius 3 is 2.35 bits per heavy atom. The van der Waals surface area contributed by atoms with Gasteiger partial charge < -0.3 is 20.3 Å². The molecule has 0 unspecified atom stereocenters. The second-order valence-corrected chi connectivity index (χ2v) is 4.75. The van der Waals surface area contributed by atoms with Crippen LogP contribution in [0.2, 0.25) is 0 Å². The lowest BCUT2D eigenvalue weighted by Gasteiger charge is -2.13. The van der Waals surface area contributed by atoms with Crippen molar-refractivity contribution in [3.05, 3.63) is 0 Å². The number of carbonyl (C=O) groups is 2. The molecule has 0 aromatic rings. The van der Waals surface area contributed by atoms with E-state index in [-0.39, 0.29) is 25.4 Å². The first kappa shape index (κ1) is 18.9. The van der Waals surface area contributed by atoms with Crippen molar-refractivity contribution in [2.75, 3.05) is 19.8 Å². The number of carboxylic acids is 1. The van der Waals surface area contributed by atoms with Gasteiger partial charge in [0.1, 0.15) is 6.04 Å². The van der Waals surface area contributed by atoms with Crippen molar-refractivity contribution in [3.63, 3.8) is 0 Å². The van der Waals surface area contributed by atoms with Crippen LogP contribution in [0.4, 0.5) is 0 Å². The Morgan fingerprint density at radius 2 is 1.80 bits per heavy atom. The summed E-state index contributed by atoms with van der Waals surface area (Å²) in [6.45, 7) is 3.27. The van der Waals surface area contributed by atoms with Crippen LogP contribution in [-0.2, 0) is 14.3 Å². The molecule has 0 aliphatic rings. The topological polar surface area (TPSA) is 95.9 Å². The second-order valence-electron chi connectivity index (χ2n) is 4.75. The number of rotatable bonds is 13. The molecular formula is C14H27NO5. The molecule has 0 saturated heterocycles. The average Bonchev–Trinajstić information content (AvgIpc) is 2.41. The van der Waals surface area contributed by atoms with Gasteiger partial charge in [0.25, 0.3) is 0 Å².